The summed E-state index contributed by atoms with van der Waals surface area (Å²) in [7, 11) is -4.29. The molecule has 0 heterocycles. The van der Waals surface area contributed by atoms with E-state index in [-0.39, 0.29) is 50.5 Å². The van der Waals surface area contributed by atoms with Crippen molar-refractivity contribution in [2.75, 3.05) is 51.8 Å². The minimum absolute atomic E-state index is 0.0137. The SMILES string of the molecule is O=S(=O)(O)CC(O)C[N+](CCO)(CCO)CCO. The lowest BCUT2D eigenvalue weighted by atomic mass is 10.2. The second-order valence-corrected chi connectivity index (χ2v) is 5.77. The Labute approximate surface area is 106 Å². The molecule has 0 aliphatic rings. The third-order valence-corrected chi connectivity index (χ3v) is 3.53. The van der Waals surface area contributed by atoms with Gasteiger partial charge in [0.1, 0.15) is 38.0 Å². The number of quaternary nitrogens is 1. The molecule has 1 unspecified atom stereocenters. The Morgan fingerprint density at radius 2 is 1.33 bits per heavy atom. The summed E-state index contributed by atoms with van der Waals surface area (Å²) >= 11 is 0. The van der Waals surface area contributed by atoms with Gasteiger partial charge in [-0.2, -0.15) is 8.42 Å². The van der Waals surface area contributed by atoms with E-state index in [2.05, 4.69) is 0 Å². The lowest BCUT2D eigenvalue weighted by molar-refractivity contribution is -0.931. The van der Waals surface area contributed by atoms with Gasteiger partial charge in [0.2, 0.25) is 0 Å². The van der Waals surface area contributed by atoms with Gasteiger partial charge in [-0.3, -0.25) is 4.55 Å². The van der Waals surface area contributed by atoms with Crippen LogP contribution in [-0.2, 0) is 10.1 Å². The Kier molecular flexibility index (Phi) is 7.87. The molecule has 8 nitrogen and oxygen atoms in total. The van der Waals surface area contributed by atoms with E-state index in [0.717, 1.165) is 0 Å². The zero-order valence-corrected chi connectivity index (χ0v) is 11.0. The standard InChI is InChI=1S/C9H21NO7S/c11-4-1-10(2-5-12,3-6-13)7-9(14)8-18(15,16)17/h9,11-14H,1-8H2/p+1. The smallest absolute Gasteiger partial charge is 0.267 e. The van der Waals surface area contributed by atoms with Gasteiger partial charge < -0.3 is 24.9 Å². The average molecular weight is 288 g/mol. The maximum atomic E-state index is 10.6. The first-order chi connectivity index (χ1) is 8.28. The first-order valence-electron chi connectivity index (χ1n) is 5.59. The third kappa shape index (κ3) is 7.21. The van der Waals surface area contributed by atoms with Gasteiger partial charge in [-0.05, 0) is 0 Å². The highest BCUT2D eigenvalue weighted by atomic mass is 32.2. The molecule has 0 aliphatic heterocycles. The Balaban J connectivity index is 4.73. The van der Waals surface area contributed by atoms with Crippen molar-refractivity contribution >= 4 is 10.1 Å². The van der Waals surface area contributed by atoms with Gasteiger partial charge in [-0.15, -0.1) is 0 Å². The summed E-state index contributed by atoms with van der Waals surface area (Å²) in [5, 5.41) is 36.5. The van der Waals surface area contributed by atoms with E-state index in [1.807, 2.05) is 0 Å². The van der Waals surface area contributed by atoms with Crippen molar-refractivity contribution in [3.05, 3.63) is 0 Å². The molecule has 0 saturated carbocycles. The van der Waals surface area contributed by atoms with E-state index in [0.29, 0.717) is 0 Å². The third-order valence-electron chi connectivity index (χ3n) is 2.72. The molecule has 1 atom stereocenters. The van der Waals surface area contributed by atoms with Crippen molar-refractivity contribution in [2.45, 2.75) is 6.10 Å². The number of hydrogen-bond donors (Lipinski definition) is 5. The quantitative estimate of drug-likeness (QED) is 0.214. The van der Waals surface area contributed by atoms with E-state index < -0.39 is 22.0 Å². The molecule has 0 aliphatic carbocycles. The van der Waals surface area contributed by atoms with Crippen LogP contribution < -0.4 is 0 Å². The average Bonchev–Trinajstić information content (AvgIpc) is 2.15. The van der Waals surface area contributed by atoms with Crippen LogP contribution >= 0.6 is 0 Å². The van der Waals surface area contributed by atoms with Gasteiger partial charge >= 0.3 is 0 Å². The Morgan fingerprint density at radius 1 is 0.944 bits per heavy atom. The molecular formula is C9H22NO7S+. The number of hydrogen-bond acceptors (Lipinski definition) is 6. The second kappa shape index (κ2) is 8.00. The summed E-state index contributed by atoms with van der Waals surface area (Å²) in [6, 6.07) is 0. The van der Waals surface area contributed by atoms with E-state index in [9.17, 15) is 13.5 Å². The molecule has 0 spiro atoms. The topological polar surface area (TPSA) is 135 Å². The fourth-order valence-electron chi connectivity index (χ4n) is 1.99. The van der Waals surface area contributed by atoms with Crippen molar-refractivity contribution in [1.82, 2.24) is 0 Å². The van der Waals surface area contributed by atoms with Crippen LogP contribution in [0.2, 0.25) is 0 Å². The highest BCUT2D eigenvalue weighted by molar-refractivity contribution is 7.85. The summed E-state index contributed by atoms with van der Waals surface area (Å²) in [5.41, 5.74) is 0. The van der Waals surface area contributed by atoms with E-state index in [1.165, 1.54) is 0 Å². The zero-order valence-electron chi connectivity index (χ0n) is 10.1. The molecule has 0 aromatic heterocycles. The first-order valence-corrected chi connectivity index (χ1v) is 7.20. The first kappa shape index (κ1) is 17.7. The molecular weight excluding hydrogens is 266 g/mol. The number of rotatable bonds is 10. The van der Waals surface area contributed by atoms with Crippen molar-refractivity contribution in [1.29, 1.82) is 0 Å². The fourth-order valence-corrected chi connectivity index (χ4v) is 2.58. The Hall–Kier alpha value is -0.290. The molecule has 0 bridgehead atoms. The molecule has 18 heavy (non-hydrogen) atoms. The van der Waals surface area contributed by atoms with Crippen LogP contribution in [0.15, 0.2) is 0 Å². The highest BCUT2D eigenvalue weighted by Gasteiger charge is 2.31. The highest BCUT2D eigenvalue weighted by Crippen LogP contribution is 2.09. The number of aliphatic hydroxyl groups is 4. The van der Waals surface area contributed by atoms with E-state index >= 15 is 0 Å². The van der Waals surface area contributed by atoms with Crippen molar-refractivity contribution < 1.29 is 37.9 Å². The molecule has 0 rings (SSSR count). The molecule has 0 aromatic carbocycles. The maximum absolute atomic E-state index is 10.6. The minimum atomic E-state index is -4.29. The van der Waals surface area contributed by atoms with E-state index in [1.54, 1.807) is 0 Å². The molecule has 0 fully saturated rings. The van der Waals surface area contributed by atoms with Crippen molar-refractivity contribution in [3.8, 4) is 0 Å². The zero-order chi connectivity index (χ0) is 14.2. The largest absolute Gasteiger partial charge is 0.391 e. The van der Waals surface area contributed by atoms with Gasteiger partial charge in [0.05, 0.1) is 19.8 Å². The predicted octanol–water partition coefficient (Wildman–Crippen LogP) is -2.97. The maximum Gasteiger partial charge on any atom is 0.267 e. The number of nitrogens with zero attached hydrogens (tertiary/aromatic N) is 1. The van der Waals surface area contributed by atoms with Crippen LogP contribution in [0.4, 0.5) is 0 Å². The monoisotopic (exact) mass is 288 g/mol. The van der Waals surface area contributed by atoms with Crippen molar-refractivity contribution in [3.63, 3.8) is 0 Å². The summed E-state index contributed by atoms with van der Waals surface area (Å²) in [4.78, 5) is 0. The predicted molar refractivity (Wildman–Crippen MR) is 63.4 cm³/mol. The normalized spacial score (nSPS) is 14.7. The molecule has 9 heteroatoms. The van der Waals surface area contributed by atoms with Gasteiger partial charge in [0.25, 0.3) is 10.1 Å². The Morgan fingerprint density at radius 3 is 1.61 bits per heavy atom. The van der Waals surface area contributed by atoms with Crippen molar-refractivity contribution in [2.24, 2.45) is 0 Å². The van der Waals surface area contributed by atoms with Crippen LogP contribution in [0.1, 0.15) is 0 Å². The Bertz CT molecular complexity index is 302. The van der Waals surface area contributed by atoms with Crippen LogP contribution in [0.3, 0.4) is 0 Å². The van der Waals surface area contributed by atoms with Crippen LogP contribution in [0, 0.1) is 0 Å². The summed E-state index contributed by atoms with van der Waals surface area (Å²) in [6.45, 7) is -0.242. The van der Waals surface area contributed by atoms with E-state index in [4.69, 9.17) is 19.9 Å². The molecule has 0 radical (unpaired) electrons. The summed E-state index contributed by atoms with van der Waals surface area (Å²) in [5.74, 6) is -0.810. The van der Waals surface area contributed by atoms with Crippen LogP contribution in [-0.4, -0.2) is 95.7 Å². The minimum Gasteiger partial charge on any atom is -0.391 e. The fraction of sp³-hybridized carbons (Fsp3) is 1.00. The van der Waals surface area contributed by atoms with Gasteiger partial charge in [0.15, 0.2) is 0 Å². The van der Waals surface area contributed by atoms with Crippen LogP contribution in [0.25, 0.3) is 0 Å². The second-order valence-electron chi connectivity index (χ2n) is 4.27. The molecule has 0 amide bonds. The van der Waals surface area contributed by atoms with Gasteiger partial charge in [0, 0.05) is 0 Å². The lowest BCUT2D eigenvalue weighted by Gasteiger charge is -2.38. The van der Waals surface area contributed by atoms with Gasteiger partial charge in [-0.1, -0.05) is 0 Å². The molecule has 0 aromatic rings. The summed E-state index contributed by atoms with van der Waals surface area (Å²) in [6.07, 6.45) is -1.33. The lowest BCUT2D eigenvalue weighted by Crippen LogP contribution is -2.57. The summed E-state index contributed by atoms with van der Waals surface area (Å²) < 4.78 is 29.9. The molecule has 5 N–H and O–H groups in total. The van der Waals surface area contributed by atoms with Crippen LogP contribution in [0.5, 0.6) is 0 Å². The number of aliphatic hydroxyl groups excluding tert-OH is 4. The van der Waals surface area contributed by atoms with Gasteiger partial charge in [-0.25, -0.2) is 0 Å². The molecule has 0 saturated heterocycles. The molecule has 110 valence electrons.